The Hall–Kier alpha value is -1.64. The van der Waals surface area contributed by atoms with Crippen molar-refractivity contribution in [2.75, 3.05) is 26.0 Å². The van der Waals surface area contributed by atoms with Crippen LogP contribution in [0.3, 0.4) is 0 Å². The summed E-state index contributed by atoms with van der Waals surface area (Å²) in [6.45, 7) is 0.907. The second-order valence-corrected chi connectivity index (χ2v) is 6.30. The number of nitrogens with two attached hydrogens (primary N) is 1. The van der Waals surface area contributed by atoms with Gasteiger partial charge in [0, 0.05) is 25.2 Å². The number of benzene rings is 1. The van der Waals surface area contributed by atoms with Crippen molar-refractivity contribution in [1.29, 1.82) is 0 Å². The van der Waals surface area contributed by atoms with Crippen LogP contribution in [0.15, 0.2) is 24.3 Å². The summed E-state index contributed by atoms with van der Waals surface area (Å²) in [5.74, 6) is 0.329. The molecule has 0 heterocycles. The highest BCUT2D eigenvalue weighted by atomic mass is 32.2. The molecule has 4 N–H and O–H groups in total. The van der Waals surface area contributed by atoms with Gasteiger partial charge in [0.1, 0.15) is 5.75 Å². The second kappa shape index (κ2) is 8.60. The highest BCUT2D eigenvalue weighted by molar-refractivity contribution is 7.88. The maximum absolute atomic E-state index is 11.6. The molecule has 0 aliphatic rings. The molecular formula is C13H21N3O4S. The predicted molar refractivity (Wildman–Crippen MR) is 80.3 cm³/mol. The van der Waals surface area contributed by atoms with Gasteiger partial charge in [-0.3, -0.25) is 4.79 Å². The largest absolute Gasteiger partial charge is 0.483 e. The van der Waals surface area contributed by atoms with Crippen molar-refractivity contribution in [2.24, 2.45) is 5.73 Å². The Morgan fingerprint density at radius 3 is 2.67 bits per heavy atom. The number of hydrogen-bond donors (Lipinski definition) is 3. The molecule has 0 saturated heterocycles. The number of nitrogens with one attached hydrogen (secondary N) is 2. The highest BCUT2D eigenvalue weighted by Crippen LogP contribution is 2.16. The van der Waals surface area contributed by atoms with Gasteiger partial charge in [0.25, 0.3) is 5.91 Å². The Balaban J connectivity index is 2.22. The van der Waals surface area contributed by atoms with Crippen molar-refractivity contribution in [2.45, 2.75) is 13.0 Å². The Morgan fingerprint density at radius 2 is 2.00 bits per heavy atom. The van der Waals surface area contributed by atoms with Gasteiger partial charge in [-0.05, 0) is 12.5 Å². The zero-order valence-corrected chi connectivity index (χ0v) is 12.8. The van der Waals surface area contributed by atoms with Crippen molar-refractivity contribution in [3.05, 3.63) is 29.8 Å². The first kappa shape index (κ1) is 17.4. The minimum Gasteiger partial charge on any atom is -0.483 e. The minimum absolute atomic E-state index is 0.101. The molecular weight excluding hydrogens is 294 g/mol. The number of amides is 1. The maximum Gasteiger partial charge on any atom is 0.257 e. The predicted octanol–water partition coefficient (Wildman–Crippen LogP) is -0.420. The van der Waals surface area contributed by atoms with Crippen LogP contribution in [0.5, 0.6) is 5.75 Å². The fourth-order valence-corrected chi connectivity index (χ4v) is 2.10. The average Bonchev–Trinajstić information content (AvgIpc) is 2.43. The summed E-state index contributed by atoms with van der Waals surface area (Å²) in [6.07, 6.45) is 1.60. The van der Waals surface area contributed by atoms with E-state index < -0.39 is 10.0 Å². The number of rotatable bonds is 9. The molecule has 0 unspecified atom stereocenters. The van der Waals surface area contributed by atoms with Crippen molar-refractivity contribution < 1.29 is 17.9 Å². The summed E-state index contributed by atoms with van der Waals surface area (Å²) in [7, 11) is -3.18. The lowest BCUT2D eigenvalue weighted by Crippen LogP contribution is -2.32. The molecule has 1 amide bonds. The number of hydrogen-bond acceptors (Lipinski definition) is 5. The molecule has 8 heteroatoms. The van der Waals surface area contributed by atoms with Gasteiger partial charge in [0.15, 0.2) is 6.61 Å². The standard InChI is InChI=1S/C13H21N3O4S/c1-21(18,19)16-8-4-7-15-13(17)10-20-12-6-3-2-5-11(12)9-14/h2-3,5-6,16H,4,7-10,14H2,1H3,(H,15,17). The number of sulfonamides is 1. The Labute approximate surface area is 124 Å². The van der Waals surface area contributed by atoms with E-state index in [0.717, 1.165) is 11.8 Å². The van der Waals surface area contributed by atoms with Gasteiger partial charge in [-0.1, -0.05) is 18.2 Å². The first-order valence-electron chi connectivity index (χ1n) is 6.54. The SMILES string of the molecule is CS(=O)(=O)NCCCNC(=O)COc1ccccc1CN. The van der Waals surface area contributed by atoms with Gasteiger partial charge in [-0.25, -0.2) is 13.1 Å². The summed E-state index contributed by atoms with van der Waals surface area (Å²) in [5, 5.41) is 2.65. The molecule has 0 atom stereocenters. The van der Waals surface area contributed by atoms with Crippen molar-refractivity contribution in [3.63, 3.8) is 0 Å². The van der Waals surface area contributed by atoms with Crippen LogP contribution < -0.4 is 20.5 Å². The van der Waals surface area contributed by atoms with E-state index in [1.54, 1.807) is 6.07 Å². The average molecular weight is 315 g/mol. The molecule has 0 saturated carbocycles. The van der Waals surface area contributed by atoms with Gasteiger partial charge in [-0.15, -0.1) is 0 Å². The lowest BCUT2D eigenvalue weighted by Gasteiger charge is -2.10. The van der Waals surface area contributed by atoms with Crippen LogP contribution in [0.2, 0.25) is 0 Å². The normalized spacial score (nSPS) is 11.1. The van der Waals surface area contributed by atoms with Crippen LogP contribution in [-0.4, -0.2) is 40.3 Å². The van der Waals surface area contributed by atoms with Gasteiger partial charge < -0.3 is 15.8 Å². The minimum atomic E-state index is -3.18. The Bertz CT molecular complexity index is 560. The zero-order chi connectivity index (χ0) is 15.7. The van der Waals surface area contributed by atoms with Crippen molar-refractivity contribution in [3.8, 4) is 5.75 Å². The number of ether oxygens (including phenoxy) is 1. The van der Waals surface area contributed by atoms with Crippen molar-refractivity contribution >= 4 is 15.9 Å². The quantitative estimate of drug-likeness (QED) is 0.536. The molecule has 0 radical (unpaired) electrons. The lowest BCUT2D eigenvalue weighted by molar-refractivity contribution is -0.123. The summed E-state index contributed by atoms with van der Waals surface area (Å²) < 4.78 is 29.4. The van der Waals surface area contributed by atoms with E-state index in [0.29, 0.717) is 25.3 Å². The molecule has 0 aromatic heterocycles. The van der Waals surface area contributed by atoms with Crippen LogP contribution in [-0.2, 0) is 21.4 Å². The van der Waals surface area contributed by atoms with Crippen LogP contribution in [0.25, 0.3) is 0 Å². The van der Waals surface area contributed by atoms with E-state index in [1.165, 1.54) is 0 Å². The van der Waals surface area contributed by atoms with Gasteiger partial charge >= 0.3 is 0 Å². The third-order valence-corrected chi connectivity index (χ3v) is 3.32. The molecule has 0 fully saturated rings. The first-order chi connectivity index (χ1) is 9.92. The van der Waals surface area contributed by atoms with E-state index in [9.17, 15) is 13.2 Å². The summed E-state index contributed by atoms with van der Waals surface area (Å²) in [6, 6.07) is 7.25. The molecule has 0 aliphatic carbocycles. The fourth-order valence-electron chi connectivity index (χ4n) is 1.58. The van der Waals surface area contributed by atoms with E-state index >= 15 is 0 Å². The summed E-state index contributed by atoms with van der Waals surface area (Å²) >= 11 is 0. The molecule has 1 aromatic rings. The van der Waals surface area contributed by atoms with Crippen LogP contribution in [0.4, 0.5) is 0 Å². The van der Waals surface area contributed by atoms with Crippen LogP contribution in [0, 0.1) is 0 Å². The Morgan fingerprint density at radius 1 is 1.29 bits per heavy atom. The summed E-state index contributed by atoms with van der Waals surface area (Å²) in [5.41, 5.74) is 6.40. The second-order valence-electron chi connectivity index (χ2n) is 4.47. The third kappa shape index (κ3) is 7.64. The van der Waals surface area contributed by atoms with Crippen LogP contribution in [0.1, 0.15) is 12.0 Å². The van der Waals surface area contributed by atoms with Gasteiger partial charge in [-0.2, -0.15) is 0 Å². The first-order valence-corrected chi connectivity index (χ1v) is 8.43. The van der Waals surface area contributed by atoms with Gasteiger partial charge in [0.05, 0.1) is 6.26 Å². The topological polar surface area (TPSA) is 111 Å². The molecule has 0 bridgehead atoms. The Kier molecular flexibility index (Phi) is 7.13. The number of para-hydroxylation sites is 1. The maximum atomic E-state index is 11.6. The van der Waals surface area contributed by atoms with E-state index in [2.05, 4.69) is 10.0 Å². The van der Waals surface area contributed by atoms with Crippen LogP contribution >= 0.6 is 0 Å². The molecule has 0 spiro atoms. The fraction of sp³-hybridized carbons (Fsp3) is 0.462. The van der Waals surface area contributed by atoms with E-state index in [1.807, 2.05) is 18.2 Å². The number of carbonyl (C=O) groups excluding carboxylic acids is 1. The number of carbonyl (C=O) groups is 1. The molecule has 118 valence electrons. The monoisotopic (exact) mass is 315 g/mol. The molecule has 1 rings (SSSR count). The van der Waals surface area contributed by atoms with E-state index in [-0.39, 0.29) is 19.1 Å². The van der Waals surface area contributed by atoms with Crippen molar-refractivity contribution in [1.82, 2.24) is 10.0 Å². The molecule has 0 aliphatic heterocycles. The van der Waals surface area contributed by atoms with Gasteiger partial charge in [0.2, 0.25) is 10.0 Å². The lowest BCUT2D eigenvalue weighted by atomic mass is 10.2. The highest BCUT2D eigenvalue weighted by Gasteiger charge is 2.05. The molecule has 1 aromatic carbocycles. The van der Waals surface area contributed by atoms with E-state index in [4.69, 9.17) is 10.5 Å². The third-order valence-electron chi connectivity index (χ3n) is 2.59. The zero-order valence-electron chi connectivity index (χ0n) is 12.0. The molecule has 7 nitrogen and oxygen atoms in total. The molecule has 21 heavy (non-hydrogen) atoms. The smallest absolute Gasteiger partial charge is 0.257 e. The summed E-state index contributed by atoms with van der Waals surface area (Å²) in [4.78, 5) is 11.6.